The molecule has 0 aliphatic carbocycles. The van der Waals surface area contributed by atoms with Gasteiger partial charge in [-0.25, -0.2) is 0 Å². The van der Waals surface area contributed by atoms with E-state index in [0.717, 1.165) is 0 Å². The van der Waals surface area contributed by atoms with Gasteiger partial charge in [-0.2, -0.15) is 0 Å². The SMILES string of the molecule is COCCCC(=O)N1CCNC(=O)C1C. The number of ether oxygens (including phenoxy) is 1. The summed E-state index contributed by atoms with van der Waals surface area (Å²) < 4.78 is 4.88. The molecule has 1 saturated heterocycles. The van der Waals surface area contributed by atoms with E-state index >= 15 is 0 Å². The Morgan fingerprint density at radius 3 is 3.07 bits per heavy atom. The Hall–Kier alpha value is -1.10. The van der Waals surface area contributed by atoms with Crippen molar-refractivity contribution < 1.29 is 14.3 Å². The number of hydrogen-bond donors (Lipinski definition) is 1. The van der Waals surface area contributed by atoms with Crippen LogP contribution < -0.4 is 5.32 Å². The van der Waals surface area contributed by atoms with Crippen molar-refractivity contribution in [2.75, 3.05) is 26.8 Å². The highest BCUT2D eigenvalue weighted by atomic mass is 16.5. The van der Waals surface area contributed by atoms with Gasteiger partial charge in [0.2, 0.25) is 11.8 Å². The first-order valence-electron chi connectivity index (χ1n) is 5.23. The topological polar surface area (TPSA) is 58.6 Å². The molecular weight excluding hydrogens is 196 g/mol. The van der Waals surface area contributed by atoms with Crippen LogP contribution in [0, 0.1) is 0 Å². The minimum Gasteiger partial charge on any atom is -0.385 e. The van der Waals surface area contributed by atoms with Crippen LogP contribution in [0.3, 0.4) is 0 Å². The minimum atomic E-state index is -0.339. The van der Waals surface area contributed by atoms with Gasteiger partial charge in [0.1, 0.15) is 6.04 Å². The van der Waals surface area contributed by atoms with Gasteiger partial charge in [-0.3, -0.25) is 9.59 Å². The van der Waals surface area contributed by atoms with Crippen LogP contribution in [0.2, 0.25) is 0 Å². The number of nitrogens with one attached hydrogen (secondary N) is 1. The summed E-state index contributed by atoms with van der Waals surface area (Å²) in [7, 11) is 1.61. The molecule has 1 rings (SSSR count). The van der Waals surface area contributed by atoms with E-state index in [1.165, 1.54) is 0 Å². The maximum atomic E-state index is 11.7. The molecule has 0 aromatic carbocycles. The second-order valence-electron chi connectivity index (χ2n) is 3.65. The number of nitrogens with zero attached hydrogens (tertiary/aromatic N) is 1. The van der Waals surface area contributed by atoms with Gasteiger partial charge in [0, 0.05) is 33.2 Å². The van der Waals surface area contributed by atoms with Gasteiger partial charge < -0.3 is 15.0 Å². The Kier molecular flexibility index (Phi) is 4.55. The molecule has 0 aromatic heterocycles. The number of carbonyl (C=O) groups excluding carboxylic acids is 2. The van der Waals surface area contributed by atoms with Crippen molar-refractivity contribution >= 4 is 11.8 Å². The molecule has 0 radical (unpaired) electrons. The predicted molar refractivity (Wildman–Crippen MR) is 55.3 cm³/mol. The fourth-order valence-corrected chi connectivity index (χ4v) is 1.63. The summed E-state index contributed by atoms with van der Waals surface area (Å²) in [6.07, 6.45) is 1.16. The zero-order chi connectivity index (χ0) is 11.3. The van der Waals surface area contributed by atoms with Crippen LogP contribution in [0.1, 0.15) is 19.8 Å². The first-order chi connectivity index (χ1) is 7.16. The third kappa shape index (κ3) is 3.20. The van der Waals surface area contributed by atoms with Gasteiger partial charge in [0.05, 0.1) is 0 Å². The Morgan fingerprint density at radius 1 is 1.67 bits per heavy atom. The molecule has 2 amide bonds. The summed E-state index contributed by atoms with van der Waals surface area (Å²) in [5.41, 5.74) is 0. The van der Waals surface area contributed by atoms with E-state index in [0.29, 0.717) is 32.5 Å². The number of methoxy groups -OCH3 is 1. The molecule has 0 bridgehead atoms. The molecule has 1 N–H and O–H groups in total. The standard InChI is InChI=1S/C10H18N2O3/c1-8-10(14)11-5-6-12(8)9(13)4-3-7-15-2/h8H,3-7H2,1-2H3,(H,11,14). The molecule has 0 aromatic rings. The lowest BCUT2D eigenvalue weighted by Crippen LogP contribution is -2.55. The lowest BCUT2D eigenvalue weighted by Gasteiger charge is -2.32. The molecule has 1 atom stereocenters. The summed E-state index contributed by atoms with van der Waals surface area (Å²) in [6.45, 7) is 3.50. The summed E-state index contributed by atoms with van der Waals surface area (Å²) in [5, 5.41) is 2.73. The number of carbonyl (C=O) groups is 2. The molecule has 0 saturated carbocycles. The van der Waals surface area contributed by atoms with Crippen LogP contribution in [0.5, 0.6) is 0 Å². The smallest absolute Gasteiger partial charge is 0.242 e. The fraction of sp³-hybridized carbons (Fsp3) is 0.800. The third-order valence-electron chi connectivity index (χ3n) is 2.56. The lowest BCUT2D eigenvalue weighted by molar-refractivity contribution is -0.142. The maximum Gasteiger partial charge on any atom is 0.242 e. The predicted octanol–water partition coefficient (Wildman–Crippen LogP) is -0.240. The highest BCUT2D eigenvalue weighted by Gasteiger charge is 2.28. The van der Waals surface area contributed by atoms with Crippen molar-refractivity contribution in [3.8, 4) is 0 Å². The molecule has 0 spiro atoms. The highest BCUT2D eigenvalue weighted by molar-refractivity contribution is 5.88. The van der Waals surface area contributed by atoms with Crippen LogP contribution in [0.15, 0.2) is 0 Å². The van der Waals surface area contributed by atoms with Crippen molar-refractivity contribution in [2.45, 2.75) is 25.8 Å². The van der Waals surface area contributed by atoms with Crippen LogP contribution in [-0.4, -0.2) is 49.6 Å². The zero-order valence-electron chi connectivity index (χ0n) is 9.28. The van der Waals surface area contributed by atoms with E-state index in [4.69, 9.17) is 4.74 Å². The van der Waals surface area contributed by atoms with Crippen molar-refractivity contribution in [2.24, 2.45) is 0 Å². The first-order valence-corrected chi connectivity index (χ1v) is 5.23. The van der Waals surface area contributed by atoms with E-state index in [1.54, 1.807) is 18.9 Å². The van der Waals surface area contributed by atoms with E-state index < -0.39 is 0 Å². The Balaban J connectivity index is 2.40. The quantitative estimate of drug-likeness (QED) is 0.657. The second kappa shape index (κ2) is 5.70. The number of hydrogen-bond acceptors (Lipinski definition) is 3. The largest absolute Gasteiger partial charge is 0.385 e. The fourth-order valence-electron chi connectivity index (χ4n) is 1.63. The van der Waals surface area contributed by atoms with Crippen molar-refractivity contribution in [3.63, 3.8) is 0 Å². The highest BCUT2D eigenvalue weighted by Crippen LogP contribution is 2.07. The Labute approximate surface area is 89.8 Å². The molecular formula is C10H18N2O3. The summed E-state index contributed by atoms with van der Waals surface area (Å²) >= 11 is 0. The number of amides is 2. The van der Waals surface area contributed by atoms with Gasteiger partial charge in [0.15, 0.2) is 0 Å². The maximum absolute atomic E-state index is 11.7. The van der Waals surface area contributed by atoms with Gasteiger partial charge in [-0.05, 0) is 13.3 Å². The van der Waals surface area contributed by atoms with Crippen LogP contribution >= 0.6 is 0 Å². The summed E-state index contributed by atoms with van der Waals surface area (Å²) in [4.78, 5) is 24.7. The Morgan fingerprint density at radius 2 is 2.40 bits per heavy atom. The van der Waals surface area contributed by atoms with Crippen molar-refractivity contribution in [1.82, 2.24) is 10.2 Å². The minimum absolute atomic E-state index is 0.0365. The van der Waals surface area contributed by atoms with Gasteiger partial charge >= 0.3 is 0 Å². The lowest BCUT2D eigenvalue weighted by atomic mass is 10.1. The zero-order valence-corrected chi connectivity index (χ0v) is 9.28. The normalized spacial score (nSPS) is 21.3. The van der Waals surface area contributed by atoms with Gasteiger partial charge in [-0.1, -0.05) is 0 Å². The Bertz CT molecular complexity index is 243. The van der Waals surface area contributed by atoms with Gasteiger partial charge in [-0.15, -0.1) is 0 Å². The molecule has 1 heterocycles. The summed E-state index contributed by atoms with van der Waals surface area (Å²) in [5.74, 6) is -0.0317. The third-order valence-corrected chi connectivity index (χ3v) is 2.56. The van der Waals surface area contributed by atoms with Crippen LogP contribution in [-0.2, 0) is 14.3 Å². The van der Waals surface area contributed by atoms with Gasteiger partial charge in [0.25, 0.3) is 0 Å². The number of piperazine rings is 1. The summed E-state index contributed by atoms with van der Waals surface area (Å²) in [6, 6.07) is -0.339. The average molecular weight is 214 g/mol. The molecule has 1 aliphatic rings. The van der Waals surface area contributed by atoms with Crippen LogP contribution in [0.25, 0.3) is 0 Å². The second-order valence-corrected chi connectivity index (χ2v) is 3.65. The van der Waals surface area contributed by atoms with Crippen molar-refractivity contribution in [1.29, 1.82) is 0 Å². The molecule has 86 valence electrons. The molecule has 5 nitrogen and oxygen atoms in total. The van der Waals surface area contributed by atoms with E-state index in [-0.39, 0.29) is 17.9 Å². The van der Waals surface area contributed by atoms with Crippen molar-refractivity contribution in [3.05, 3.63) is 0 Å². The monoisotopic (exact) mass is 214 g/mol. The number of rotatable bonds is 4. The molecule has 1 fully saturated rings. The molecule has 1 aliphatic heterocycles. The van der Waals surface area contributed by atoms with Crippen LogP contribution in [0.4, 0.5) is 0 Å². The average Bonchev–Trinajstić information content (AvgIpc) is 2.22. The molecule has 5 heteroatoms. The first kappa shape index (κ1) is 12.0. The van der Waals surface area contributed by atoms with E-state index in [9.17, 15) is 9.59 Å². The van der Waals surface area contributed by atoms with E-state index in [2.05, 4.69) is 5.32 Å². The molecule has 1 unspecified atom stereocenters. The molecule has 15 heavy (non-hydrogen) atoms. The van der Waals surface area contributed by atoms with E-state index in [1.807, 2.05) is 0 Å².